The van der Waals surface area contributed by atoms with Crippen LogP contribution in [0.4, 0.5) is 5.69 Å². The third-order valence-electron chi connectivity index (χ3n) is 4.79. The Morgan fingerprint density at radius 2 is 1.74 bits per heavy atom. The van der Waals surface area contributed by atoms with Crippen molar-refractivity contribution in [2.24, 2.45) is 0 Å². The van der Waals surface area contributed by atoms with Gasteiger partial charge in [0.2, 0.25) is 5.91 Å². The first-order valence-corrected chi connectivity index (χ1v) is 10.4. The fraction of sp³-hybridized carbons (Fsp3) is 0.316. The van der Waals surface area contributed by atoms with Crippen LogP contribution in [0.3, 0.4) is 0 Å². The molecule has 3 rings (SSSR count). The van der Waals surface area contributed by atoms with Crippen LogP contribution >= 0.6 is 0 Å². The van der Waals surface area contributed by atoms with Crippen molar-refractivity contribution in [3.05, 3.63) is 75.8 Å². The number of amides is 1. The van der Waals surface area contributed by atoms with Crippen LogP contribution in [0.25, 0.3) is 0 Å². The topological polar surface area (TPSA) is 97.6 Å². The number of nitrogens with zero attached hydrogens (tertiary/aromatic N) is 2. The maximum absolute atomic E-state index is 12.7. The summed E-state index contributed by atoms with van der Waals surface area (Å²) in [7, 11) is -3.38. The lowest BCUT2D eigenvalue weighted by molar-refractivity contribution is -0.385. The van der Waals surface area contributed by atoms with Gasteiger partial charge in [-0.3, -0.25) is 14.9 Å². The SMILES string of the molecule is O=C(Cc1ccccc1[N+](=O)[O-])N1CCC(c2ccccc2)S(=O)(=O)CC1. The molecule has 0 spiro atoms. The second-order valence-corrected chi connectivity index (χ2v) is 8.80. The highest BCUT2D eigenvalue weighted by atomic mass is 32.2. The number of carbonyl (C=O) groups excluding carboxylic acids is 1. The monoisotopic (exact) mass is 388 g/mol. The molecule has 0 saturated carbocycles. The molecule has 7 nitrogen and oxygen atoms in total. The summed E-state index contributed by atoms with van der Waals surface area (Å²) >= 11 is 0. The second kappa shape index (κ2) is 7.87. The standard InChI is InChI=1S/C19H20N2O5S/c22-19(14-16-8-4-5-9-17(16)21(23)24)20-11-10-18(27(25,26)13-12-20)15-6-2-1-3-7-15/h1-9,18H,10-14H2. The predicted molar refractivity (Wildman–Crippen MR) is 101 cm³/mol. The van der Waals surface area contributed by atoms with E-state index in [1.807, 2.05) is 6.07 Å². The van der Waals surface area contributed by atoms with Gasteiger partial charge in [-0.15, -0.1) is 0 Å². The molecule has 0 N–H and O–H groups in total. The number of nitro benzene ring substituents is 1. The molecule has 8 heteroatoms. The van der Waals surface area contributed by atoms with E-state index in [1.54, 1.807) is 42.5 Å². The number of sulfone groups is 1. The minimum atomic E-state index is -3.38. The quantitative estimate of drug-likeness (QED) is 0.592. The lowest BCUT2D eigenvalue weighted by Crippen LogP contribution is -2.34. The van der Waals surface area contributed by atoms with E-state index < -0.39 is 20.0 Å². The van der Waals surface area contributed by atoms with Gasteiger partial charge in [-0.2, -0.15) is 0 Å². The normalized spacial score (nSPS) is 19.3. The Balaban J connectivity index is 1.76. The van der Waals surface area contributed by atoms with E-state index in [9.17, 15) is 23.3 Å². The molecule has 27 heavy (non-hydrogen) atoms. The Labute approximate surface area is 157 Å². The molecule has 1 aliphatic heterocycles. The number of hydrogen-bond acceptors (Lipinski definition) is 5. The number of carbonyl (C=O) groups is 1. The summed E-state index contributed by atoms with van der Waals surface area (Å²) in [6.45, 7) is 0.406. The van der Waals surface area contributed by atoms with E-state index in [0.717, 1.165) is 5.56 Å². The molecule has 1 fully saturated rings. The van der Waals surface area contributed by atoms with E-state index in [2.05, 4.69) is 0 Å². The number of hydrogen-bond donors (Lipinski definition) is 0. The summed E-state index contributed by atoms with van der Waals surface area (Å²) in [5.41, 5.74) is 0.958. The van der Waals surface area contributed by atoms with Crippen LogP contribution < -0.4 is 0 Å². The first-order valence-electron chi connectivity index (χ1n) is 8.65. The van der Waals surface area contributed by atoms with Crippen LogP contribution in [0.5, 0.6) is 0 Å². The highest BCUT2D eigenvalue weighted by molar-refractivity contribution is 7.91. The maximum atomic E-state index is 12.7. The highest BCUT2D eigenvalue weighted by Crippen LogP contribution is 2.29. The van der Waals surface area contributed by atoms with Gasteiger partial charge in [0, 0.05) is 24.7 Å². The summed E-state index contributed by atoms with van der Waals surface area (Å²) in [6.07, 6.45) is 0.197. The second-order valence-electron chi connectivity index (χ2n) is 6.50. The molecule has 1 saturated heterocycles. The average Bonchev–Trinajstić information content (AvgIpc) is 2.80. The van der Waals surface area contributed by atoms with Crippen molar-refractivity contribution in [2.45, 2.75) is 18.1 Å². The first-order chi connectivity index (χ1) is 12.9. The van der Waals surface area contributed by atoms with Crippen LogP contribution in [-0.2, 0) is 21.1 Å². The van der Waals surface area contributed by atoms with Crippen LogP contribution in [0, 0.1) is 10.1 Å². The minimum Gasteiger partial charge on any atom is -0.341 e. The largest absolute Gasteiger partial charge is 0.341 e. The van der Waals surface area contributed by atoms with Gasteiger partial charge in [0.05, 0.1) is 22.3 Å². The third kappa shape index (κ3) is 4.33. The van der Waals surface area contributed by atoms with Gasteiger partial charge >= 0.3 is 0 Å². The van der Waals surface area contributed by atoms with Gasteiger partial charge in [-0.1, -0.05) is 48.5 Å². The zero-order valence-electron chi connectivity index (χ0n) is 14.7. The van der Waals surface area contributed by atoms with E-state index in [0.29, 0.717) is 18.5 Å². The van der Waals surface area contributed by atoms with Gasteiger partial charge in [-0.05, 0) is 12.0 Å². The Kier molecular flexibility index (Phi) is 5.55. The zero-order valence-corrected chi connectivity index (χ0v) is 15.5. The van der Waals surface area contributed by atoms with Crippen LogP contribution in [0.2, 0.25) is 0 Å². The van der Waals surface area contributed by atoms with Gasteiger partial charge in [0.1, 0.15) is 0 Å². The summed E-state index contributed by atoms with van der Waals surface area (Å²) < 4.78 is 25.3. The highest BCUT2D eigenvalue weighted by Gasteiger charge is 2.32. The fourth-order valence-electron chi connectivity index (χ4n) is 3.35. The summed E-state index contributed by atoms with van der Waals surface area (Å²) in [6, 6.07) is 15.1. The molecular formula is C19H20N2O5S. The van der Waals surface area contributed by atoms with E-state index in [4.69, 9.17) is 0 Å². The molecule has 1 unspecified atom stereocenters. The molecule has 0 aliphatic carbocycles. The van der Waals surface area contributed by atoms with Gasteiger partial charge in [0.25, 0.3) is 5.69 Å². The van der Waals surface area contributed by atoms with Crippen LogP contribution in [0.15, 0.2) is 54.6 Å². The fourth-order valence-corrected chi connectivity index (χ4v) is 5.14. The third-order valence-corrected chi connectivity index (χ3v) is 6.92. The Morgan fingerprint density at radius 1 is 1.07 bits per heavy atom. The Hall–Kier alpha value is -2.74. The number of nitro groups is 1. The van der Waals surface area contributed by atoms with E-state index in [-0.39, 0.29) is 30.3 Å². The van der Waals surface area contributed by atoms with Crippen molar-refractivity contribution in [1.29, 1.82) is 0 Å². The van der Waals surface area contributed by atoms with Crippen molar-refractivity contribution in [3.63, 3.8) is 0 Å². The summed E-state index contributed by atoms with van der Waals surface area (Å²) in [5, 5.41) is 10.5. The van der Waals surface area contributed by atoms with E-state index in [1.165, 1.54) is 11.0 Å². The molecular weight excluding hydrogens is 368 g/mol. The van der Waals surface area contributed by atoms with Crippen molar-refractivity contribution in [2.75, 3.05) is 18.8 Å². The Bertz CT molecular complexity index is 944. The lowest BCUT2D eigenvalue weighted by atomic mass is 10.1. The molecule has 1 heterocycles. The molecule has 142 valence electrons. The summed E-state index contributed by atoms with van der Waals surface area (Å²) in [4.78, 5) is 24.8. The first kappa shape index (κ1) is 19.0. The predicted octanol–water partition coefficient (Wildman–Crippen LogP) is 2.53. The molecule has 0 bridgehead atoms. The lowest BCUT2D eigenvalue weighted by Gasteiger charge is -2.20. The number of rotatable bonds is 4. The molecule has 1 amide bonds. The minimum absolute atomic E-state index is 0.101. The van der Waals surface area contributed by atoms with Crippen LogP contribution in [-0.4, -0.2) is 43.0 Å². The molecule has 1 atom stereocenters. The van der Waals surface area contributed by atoms with Crippen molar-refractivity contribution < 1.29 is 18.1 Å². The number of benzene rings is 2. The van der Waals surface area contributed by atoms with Gasteiger partial charge < -0.3 is 4.90 Å². The Morgan fingerprint density at radius 3 is 2.44 bits per heavy atom. The van der Waals surface area contributed by atoms with Crippen molar-refractivity contribution in [1.82, 2.24) is 4.90 Å². The van der Waals surface area contributed by atoms with Crippen molar-refractivity contribution >= 4 is 21.4 Å². The molecule has 2 aromatic carbocycles. The van der Waals surface area contributed by atoms with Gasteiger partial charge in [0.15, 0.2) is 9.84 Å². The molecule has 1 aliphatic rings. The van der Waals surface area contributed by atoms with Gasteiger partial charge in [-0.25, -0.2) is 8.42 Å². The summed E-state index contributed by atoms with van der Waals surface area (Å²) in [5.74, 6) is -0.414. The maximum Gasteiger partial charge on any atom is 0.273 e. The smallest absolute Gasteiger partial charge is 0.273 e. The molecule has 0 aromatic heterocycles. The average molecular weight is 388 g/mol. The zero-order chi connectivity index (χ0) is 19.4. The van der Waals surface area contributed by atoms with Crippen LogP contribution in [0.1, 0.15) is 22.8 Å². The number of para-hydroxylation sites is 1. The molecule has 2 aromatic rings. The van der Waals surface area contributed by atoms with E-state index >= 15 is 0 Å². The molecule has 0 radical (unpaired) electrons. The van der Waals surface area contributed by atoms with Crippen molar-refractivity contribution in [3.8, 4) is 0 Å².